The van der Waals surface area contributed by atoms with Gasteiger partial charge in [0.05, 0.1) is 29.0 Å². The van der Waals surface area contributed by atoms with E-state index < -0.39 is 5.91 Å². The van der Waals surface area contributed by atoms with Crippen LogP contribution >= 0.6 is 27.5 Å². The molecule has 3 aromatic heterocycles. The molecule has 1 N–H and O–H groups in total. The molecule has 0 spiro atoms. The maximum Gasteiger partial charge on any atom is 0.293 e. The van der Waals surface area contributed by atoms with Crippen molar-refractivity contribution < 1.29 is 9.21 Å². The molecule has 0 atom stereocenters. The number of benzene rings is 1. The van der Waals surface area contributed by atoms with Crippen molar-refractivity contribution in [2.45, 2.75) is 26.9 Å². The Morgan fingerprint density at radius 1 is 1.20 bits per heavy atom. The third kappa shape index (κ3) is 4.47. The first-order valence-corrected chi connectivity index (χ1v) is 10.3. The summed E-state index contributed by atoms with van der Waals surface area (Å²) in [4.78, 5) is 16.6. The van der Waals surface area contributed by atoms with E-state index in [0.29, 0.717) is 23.9 Å². The van der Waals surface area contributed by atoms with Crippen molar-refractivity contribution >= 4 is 39.4 Å². The first kappa shape index (κ1) is 20.4. The van der Waals surface area contributed by atoms with Crippen LogP contribution in [0.15, 0.2) is 51.6 Å². The van der Waals surface area contributed by atoms with Gasteiger partial charge in [-0.2, -0.15) is 5.10 Å². The number of aryl methyl sites for hydroxylation is 1. The summed E-state index contributed by atoms with van der Waals surface area (Å²) in [5, 5.41) is 12.0. The molecule has 1 amide bonds. The second-order valence-corrected chi connectivity index (χ2v) is 7.99. The summed E-state index contributed by atoms with van der Waals surface area (Å²) in [7, 11) is 0. The highest BCUT2D eigenvalue weighted by Gasteiger charge is 2.16. The quantitative estimate of drug-likeness (QED) is 0.432. The first-order valence-electron chi connectivity index (χ1n) is 9.12. The number of hydrogen-bond acceptors (Lipinski definition) is 5. The minimum atomic E-state index is -0.420. The SMILES string of the molecule is Cc1nn(Cc2ccc(C(=O)Nc3ncn(Cc4cccc(Cl)c4)n3)o2)c(C)c1Br. The highest BCUT2D eigenvalue weighted by atomic mass is 79.9. The molecule has 0 saturated heterocycles. The topological polar surface area (TPSA) is 90.8 Å². The second kappa shape index (κ2) is 8.45. The molecule has 4 rings (SSSR count). The Morgan fingerprint density at radius 2 is 2.03 bits per heavy atom. The first-order chi connectivity index (χ1) is 14.4. The van der Waals surface area contributed by atoms with Gasteiger partial charge < -0.3 is 4.42 Å². The van der Waals surface area contributed by atoms with Crippen LogP contribution in [0.2, 0.25) is 5.02 Å². The van der Waals surface area contributed by atoms with Crippen LogP contribution in [0.5, 0.6) is 0 Å². The molecule has 0 bridgehead atoms. The predicted molar refractivity (Wildman–Crippen MR) is 116 cm³/mol. The van der Waals surface area contributed by atoms with E-state index in [1.165, 1.54) is 0 Å². The number of nitrogens with one attached hydrogen (secondary N) is 1. The van der Waals surface area contributed by atoms with E-state index in [-0.39, 0.29) is 11.7 Å². The van der Waals surface area contributed by atoms with Gasteiger partial charge in [0.1, 0.15) is 12.1 Å². The predicted octanol–water partition coefficient (Wildman–Crippen LogP) is 4.45. The van der Waals surface area contributed by atoms with E-state index in [1.807, 2.05) is 42.8 Å². The molecule has 8 nitrogen and oxygen atoms in total. The summed E-state index contributed by atoms with van der Waals surface area (Å²) in [5.74, 6) is 0.577. The fourth-order valence-electron chi connectivity index (χ4n) is 2.98. The van der Waals surface area contributed by atoms with Gasteiger partial charge in [0.2, 0.25) is 5.95 Å². The van der Waals surface area contributed by atoms with Crippen LogP contribution in [0.3, 0.4) is 0 Å². The largest absolute Gasteiger partial charge is 0.454 e. The molecule has 4 aromatic rings. The van der Waals surface area contributed by atoms with E-state index in [9.17, 15) is 4.79 Å². The van der Waals surface area contributed by atoms with E-state index >= 15 is 0 Å². The fraction of sp³-hybridized carbons (Fsp3) is 0.200. The molecule has 30 heavy (non-hydrogen) atoms. The maximum absolute atomic E-state index is 12.5. The van der Waals surface area contributed by atoms with Gasteiger partial charge in [-0.3, -0.25) is 14.8 Å². The van der Waals surface area contributed by atoms with Crippen LogP contribution in [-0.4, -0.2) is 30.5 Å². The molecule has 0 saturated carbocycles. The number of anilines is 1. The van der Waals surface area contributed by atoms with Crippen LogP contribution in [0, 0.1) is 13.8 Å². The monoisotopic (exact) mass is 488 g/mol. The maximum atomic E-state index is 12.5. The fourth-order valence-corrected chi connectivity index (χ4v) is 3.47. The van der Waals surface area contributed by atoms with E-state index in [0.717, 1.165) is 21.4 Å². The lowest BCUT2D eigenvalue weighted by Crippen LogP contribution is -2.12. The molecule has 0 aliphatic heterocycles. The minimum absolute atomic E-state index is 0.178. The van der Waals surface area contributed by atoms with Crippen molar-refractivity contribution in [3.05, 3.63) is 80.7 Å². The number of halogens is 2. The number of hydrogen-bond donors (Lipinski definition) is 1. The van der Waals surface area contributed by atoms with E-state index in [4.69, 9.17) is 16.0 Å². The Kier molecular flexibility index (Phi) is 5.74. The lowest BCUT2D eigenvalue weighted by atomic mass is 10.2. The molecular formula is C20H18BrClN6O2. The summed E-state index contributed by atoms with van der Waals surface area (Å²) >= 11 is 9.51. The molecule has 0 radical (unpaired) electrons. The average molecular weight is 490 g/mol. The number of nitrogens with zero attached hydrogens (tertiary/aromatic N) is 5. The Balaban J connectivity index is 1.40. The Bertz CT molecular complexity index is 1210. The van der Waals surface area contributed by atoms with Gasteiger partial charge in [0.15, 0.2) is 5.76 Å². The Morgan fingerprint density at radius 3 is 2.77 bits per heavy atom. The van der Waals surface area contributed by atoms with Crippen LogP contribution < -0.4 is 5.32 Å². The lowest BCUT2D eigenvalue weighted by Gasteiger charge is -2.02. The van der Waals surface area contributed by atoms with E-state index in [1.54, 1.807) is 23.1 Å². The molecule has 0 unspecified atom stereocenters. The molecule has 0 aliphatic rings. The van der Waals surface area contributed by atoms with E-state index in [2.05, 4.69) is 36.4 Å². The lowest BCUT2D eigenvalue weighted by molar-refractivity contribution is 0.0993. The number of amides is 1. The van der Waals surface area contributed by atoms with Crippen molar-refractivity contribution in [3.8, 4) is 0 Å². The molecular weight excluding hydrogens is 472 g/mol. The van der Waals surface area contributed by atoms with Crippen molar-refractivity contribution in [2.24, 2.45) is 0 Å². The number of aromatic nitrogens is 5. The summed E-state index contributed by atoms with van der Waals surface area (Å²) in [5.41, 5.74) is 2.87. The van der Waals surface area contributed by atoms with Crippen molar-refractivity contribution in [3.63, 3.8) is 0 Å². The van der Waals surface area contributed by atoms with Gasteiger partial charge >= 0.3 is 0 Å². The average Bonchev–Trinajstić information content (AvgIpc) is 3.40. The standard InChI is InChI=1S/C20H18BrClN6O2/c1-12-18(21)13(2)28(25-12)10-16-6-7-17(30-16)19(29)24-20-23-11-27(26-20)9-14-4-3-5-15(22)8-14/h3-8,11H,9-10H2,1-2H3,(H,24,26,29). The summed E-state index contributed by atoms with van der Waals surface area (Å²) in [6, 6.07) is 10.9. The Labute approximate surface area is 186 Å². The van der Waals surface area contributed by atoms with Gasteiger partial charge in [0, 0.05) is 5.02 Å². The summed E-state index contributed by atoms with van der Waals surface area (Å²) in [6.45, 7) is 4.81. The summed E-state index contributed by atoms with van der Waals surface area (Å²) in [6.07, 6.45) is 1.55. The third-order valence-electron chi connectivity index (χ3n) is 4.48. The number of carbonyl (C=O) groups is 1. The smallest absolute Gasteiger partial charge is 0.293 e. The zero-order valence-corrected chi connectivity index (χ0v) is 18.6. The van der Waals surface area contributed by atoms with Crippen LogP contribution in [0.1, 0.15) is 33.3 Å². The van der Waals surface area contributed by atoms with Crippen molar-refractivity contribution in [1.82, 2.24) is 24.5 Å². The molecule has 0 aliphatic carbocycles. The van der Waals surface area contributed by atoms with Gasteiger partial charge in [-0.15, -0.1) is 5.10 Å². The number of rotatable bonds is 6. The molecule has 0 fully saturated rings. The third-order valence-corrected chi connectivity index (χ3v) is 5.86. The van der Waals surface area contributed by atoms with Crippen LogP contribution in [0.25, 0.3) is 0 Å². The molecule has 1 aromatic carbocycles. The Hall–Kier alpha value is -2.91. The highest BCUT2D eigenvalue weighted by Crippen LogP contribution is 2.21. The number of carbonyl (C=O) groups excluding carboxylic acids is 1. The second-order valence-electron chi connectivity index (χ2n) is 6.76. The molecule has 154 valence electrons. The zero-order valence-electron chi connectivity index (χ0n) is 16.3. The van der Waals surface area contributed by atoms with Crippen molar-refractivity contribution in [2.75, 3.05) is 5.32 Å². The van der Waals surface area contributed by atoms with Gasteiger partial charge in [-0.1, -0.05) is 23.7 Å². The van der Waals surface area contributed by atoms with Crippen molar-refractivity contribution in [1.29, 1.82) is 0 Å². The normalized spacial score (nSPS) is 11.1. The van der Waals surface area contributed by atoms with Crippen LogP contribution in [-0.2, 0) is 13.1 Å². The molecule has 10 heteroatoms. The van der Waals surface area contributed by atoms with Crippen LogP contribution in [0.4, 0.5) is 5.95 Å². The summed E-state index contributed by atoms with van der Waals surface area (Å²) < 4.78 is 10.1. The molecule has 3 heterocycles. The zero-order chi connectivity index (χ0) is 21.3. The van der Waals surface area contributed by atoms with Gasteiger partial charge in [-0.05, 0) is 59.6 Å². The number of furan rings is 1. The van der Waals surface area contributed by atoms with Gasteiger partial charge in [-0.25, -0.2) is 9.67 Å². The highest BCUT2D eigenvalue weighted by molar-refractivity contribution is 9.10. The van der Waals surface area contributed by atoms with Gasteiger partial charge in [0.25, 0.3) is 5.91 Å². The minimum Gasteiger partial charge on any atom is -0.454 e.